The molecule has 0 spiro atoms. The number of methoxy groups -OCH3 is 1. The summed E-state index contributed by atoms with van der Waals surface area (Å²) in [6.07, 6.45) is -0.0857. The summed E-state index contributed by atoms with van der Waals surface area (Å²) in [5.41, 5.74) is 1.65. The lowest BCUT2D eigenvalue weighted by Crippen LogP contribution is -2.49. The summed E-state index contributed by atoms with van der Waals surface area (Å²) < 4.78 is 18.5. The van der Waals surface area contributed by atoms with Gasteiger partial charge in [0, 0.05) is 51.6 Å². The summed E-state index contributed by atoms with van der Waals surface area (Å²) in [7, 11) is 1.61. The van der Waals surface area contributed by atoms with Gasteiger partial charge in [0.05, 0.1) is 13.7 Å². The Morgan fingerprint density at radius 1 is 0.977 bits per heavy atom. The number of halogens is 3. The molecule has 7 nitrogen and oxygen atoms in total. The van der Waals surface area contributed by atoms with Crippen molar-refractivity contribution in [2.45, 2.75) is 31.0 Å². The van der Waals surface area contributed by atoms with E-state index in [0.29, 0.717) is 45.8 Å². The molecular formula is C34H31BrCl2N2O5. The van der Waals surface area contributed by atoms with Gasteiger partial charge in [-0.1, -0.05) is 69.5 Å². The van der Waals surface area contributed by atoms with Gasteiger partial charge in [-0.2, -0.15) is 0 Å². The number of ether oxygens (including phenoxy) is 3. The maximum Gasteiger partial charge on any atom is 0.252 e. The number of aliphatic hydroxyl groups excluding tert-OH is 1. The second-order valence-corrected chi connectivity index (χ2v) is 12.0. The van der Waals surface area contributed by atoms with Gasteiger partial charge in [-0.3, -0.25) is 4.79 Å². The van der Waals surface area contributed by atoms with E-state index < -0.39 is 11.6 Å². The predicted octanol–water partition coefficient (Wildman–Crippen LogP) is 7.34. The molecule has 4 aromatic carbocycles. The number of hydrogen-bond acceptors (Lipinski definition) is 6. The zero-order chi connectivity index (χ0) is 31.1. The number of aliphatic hydroxyl groups is 1. The second kappa shape index (κ2) is 14.5. The number of nitrogens with one attached hydrogen (secondary N) is 1. The lowest BCUT2D eigenvalue weighted by atomic mass is 9.82. The highest BCUT2D eigenvalue weighted by molar-refractivity contribution is 9.10. The van der Waals surface area contributed by atoms with Crippen LogP contribution in [0, 0.1) is 0 Å². The topological polar surface area (TPSA) is 89.4 Å². The Morgan fingerprint density at radius 2 is 1.66 bits per heavy atom. The van der Waals surface area contributed by atoms with E-state index in [1.165, 1.54) is 0 Å². The minimum atomic E-state index is -1.41. The van der Waals surface area contributed by atoms with Crippen LogP contribution in [0.5, 0.6) is 11.5 Å². The van der Waals surface area contributed by atoms with Gasteiger partial charge in [0.1, 0.15) is 11.5 Å². The van der Waals surface area contributed by atoms with Gasteiger partial charge >= 0.3 is 0 Å². The summed E-state index contributed by atoms with van der Waals surface area (Å²) in [6.45, 7) is 0.726. The van der Waals surface area contributed by atoms with Crippen molar-refractivity contribution in [1.29, 1.82) is 0 Å². The van der Waals surface area contributed by atoms with Crippen molar-refractivity contribution in [3.05, 3.63) is 128 Å². The normalized spacial score (nSPS) is 17.5. The molecule has 0 unspecified atom stereocenters. The molecule has 1 heterocycles. The molecule has 1 amide bonds. The molecule has 0 saturated heterocycles. The minimum Gasteiger partial charge on any atom is -0.497 e. The van der Waals surface area contributed by atoms with Crippen LogP contribution in [0.2, 0.25) is 10.0 Å². The van der Waals surface area contributed by atoms with Crippen LogP contribution in [0.15, 0.2) is 100 Å². The van der Waals surface area contributed by atoms with E-state index in [-0.39, 0.29) is 25.5 Å². The van der Waals surface area contributed by atoms with Crippen LogP contribution in [-0.2, 0) is 22.5 Å². The largest absolute Gasteiger partial charge is 0.497 e. The molecule has 0 saturated carbocycles. The number of nitrogens with zero attached hydrogens (tertiary/aromatic N) is 1. The van der Waals surface area contributed by atoms with Crippen molar-refractivity contribution in [3.8, 4) is 11.5 Å². The molecule has 0 fully saturated rings. The van der Waals surface area contributed by atoms with E-state index in [2.05, 4.69) is 21.2 Å². The summed E-state index contributed by atoms with van der Waals surface area (Å²) in [6, 6.07) is 27.7. The maximum atomic E-state index is 14.4. The smallest absolute Gasteiger partial charge is 0.252 e. The fraction of sp³-hybridized carbons (Fsp3) is 0.235. The van der Waals surface area contributed by atoms with Gasteiger partial charge in [0.15, 0.2) is 11.6 Å². The molecule has 2 atom stereocenters. The first-order chi connectivity index (χ1) is 21.3. The van der Waals surface area contributed by atoms with Crippen LogP contribution in [-0.4, -0.2) is 42.8 Å². The van der Waals surface area contributed by atoms with Crippen LogP contribution < -0.4 is 14.8 Å². The Labute approximate surface area is 274 Å². The van der Waals surface area contributed by atoms with Gasteiger partial charge in [-0.05, 0) is 71.8 Å². The van der Waals surface area contributed by atoms with E-state index in [4.69, 9.17) is 47.5 Å². The lowest BCUT2D eigenvalue weighted by molar-refractivity contribution is -0.129. The average molecular weight is 698 g/mol. The number of hydrogen-bond donors (Lipinski definition) is 2. The quantitative estimate of drug-likeness (QED) is 0.151. The van der Waals surface area contributed by atoms with E-state index in [9.17, 15) is 4.79 Å². The molecule has 0 bridgehead atoms. The zero-order valence-electron chi connectivity index (χ0n) is 23.9. The summed E-state index contributed by atoms with van der Waals surface area (Å²) in [4.78, 5) is 19.5. The number of rotatable bonds is 12. The molecular weight excluding hydrogens is 667 g/mol. The third-order valence-corrected chi connectivity index (χ3v) is 8.36. The van der Waals surface area contributed by atoms with Crippen molar-refractivity contribution in [2.24, 2.45) is 4.99 Å². The first-order valence-electron chi connectivity index (χ1n) is 14.0. The summed E-state index contributed by atoms with van der Waals surface area (Å²) >= 11 is 16.5. The van der Waals surface area contributed by atoms with Gasteiger partial charge in [-0.25, -0.2) is 4.99 Å². The molecule has 0 radical (unpaired) electrons. The van der Waals surface area contributed by atoms with E-state index in [1.807, 2.05) is 60.7 Å². The van der Waals surface area contributed by atoms with Crippen LogP contribution in [0.3, 0.4) is 0 Å². The Kier molecular flexibility index (Phi) is 10.5. The standard InChI is InChI=1S/C34H31BrCl2N2O5/c1-42-27-12-5-23(6-13-27)21-38-33(41)34(20-22-3-9-25(35)10-4-22)31(29-16-11-26(36)19-30(29)37)44-32(39-34)24-7-14-28(15-8-24)43-18-2-17-40/h3-16,19,31,40H,2,17-18,20-21H2,1H3,(H,38,41)/t31-,34-/m1/s1. The molecule has 5 rings (SSSR count). The fourth-order valence-electron chi connectivity index (χ4n) is 4.97. The molecule has 0 aromatic heterocycles. The average Bonchev–Trinajstić information content (AvgIpc) is 3.41. The van der Waals surface area contributed by atoms with Crippen molar-refractivity contribution in [3.63, 3.8) is 0 Å². The van der Waals surface area contributed by atoms with Crippen LogP contribution in [0.1, 0.15) is 34.8 Å². The third-order valence-electron chi connectivity index (χ3n) is 7.27. The van der Waals surface area contributed by atoms with E-state index in [0.717, 1.165) is 21.3 Å². The summed E-state index contributed by atoms with van der Waals surface area (Å²) in [5.74, 6) is 1.37. The van der Waals surface area contributed by atoms with E-state index >= 15 is 0 Å². The van der Waals surface area contributed by atoms with Crippen LogP contribution in [0.4, 0.5) is 0 Å². The first kappa shape index (κ1) is 31.9. The minimum absolute atomic E-state index is 0.0539. The van der Waals surface area contributed by atoms with Crippen LogP contribution in [0.25, 0.3) is 0 Å². The first-order valence-corrected chi connectivity index (χ1v) is 15.6. The number of carbonyl (C=O) groups is 1. The fourth-order valence-corrected chi connectivity index (χ4v) is 5.74. The highest BCUT2D eigenvalue weighted by atomic mass is 79.9. The number of aliphatic imine (C=N–C) groups is 1. The molecule has 4 aromatic rings. The molecule has 2 N–H and O–H groups in total. The molecule has 1 aliphatic rings. The van der Waals surface area contributed by atoms with Crippen molar-refractivity contribution < 1.29 is 24.1 Å². The number of amides is 1. The predicted molar refractivity (Wildman–Crippen MR) is 176 cm³/mol. The molecule has 0 aliphatic carbocycles. The Morgan fingerprint density at radius 3 is 2.32 bits per heavy atom. The van der Waals surface area contributed by atoms with Gasteiger partial charge in [0.25, 0.3) is 5.91 Å². The SMILES string of the molecule is COc1ccc(CNC(=O)[C@]2(Cc3ccc(Br)cc3)N=C(c3ccc(OCCCO)cc3)O[C@@H]2c2ccc(Cl)cc2Cl)cc1. The lowest BCUT2D eigenvalue weighted by Gasteiger charge is -2.31. The maximum absolute atomic E-state index is 14.4. The second-order valence-electron chi connectivity index (χ2n) is 10.3. The summed E-state index contributed by atoms with van der Waals surface area (Å²) in [5, 5.41) is 13.0. The van der Waals surface area contributed by atoms with Crippen molar-refractivity contribution >= 4 is 50.9 Å². The molecule has 1 aliphatic heterocycles. The van der Waals surface area contributed by atoms with Gasteiger partial charge < -0.3 is 24.6 Å². The number of carbonyl (C=O) groups excluding carboxylic acids is 1. The highest BCUT2D eigenvalue weighted by Gasteiger charge is 2.53. The van der Waals surface area contributed by atoms with Crippen molar-refractivity contribution in [1.82, 2.24) is 5.32 Å². The van der Waals surface area contributed by atoms with Gasteiger partial charge in [0.2, 0.25) is 5.90 Å². The van der Waals surface area contributed by atoms with E-state index in [1.54, 1.807) is 37.4 Å². The van der Waals surface area contributed by atoms with Crippen LogP contribution >= 0.6 is 39.1 Å². The van der Waals surface area contributed by atoms with Crippen molar-refractivity contribution in [2.75, 3.05) is 20.3 Å². The number of benzene rings is 4. The Hall–Kier alpha value is -3.56. The molecule has 44 heavy (non-hydrogen) atoms. The highest BCUT2D eigenvalue weighted by Crippen LogP contribution is 2.45. The Balaban J connectivity index is 1.56. The van der Waals surface area contributed by atoms with Gasteiger partial charge in [-0.15, -0.1) is 0 Å². The molecule has 10 heteroatoms. The monoisotopic (exact) mass is 696 g/mol. The third kappa shape index (κ3) is 7.38. The zero-order valence-corrected chi connectivity index (χ0v) is 27.0. The Bertz CT molecular complexity index is 1610. The molecule has 228 valence electrons.